The Labute approximate surface area is 211 Å². The van der Waals surface area contributed by atoms with Gasteiger partial charge in [-0.2, -0.15) is 47.2 Å². The predicted molar refractivity (Wildman–Crippen MR) is 124 cm³/mol. The molecule has 0 unspecified atom stereocenters. The average Bonchev–Trinajstić information content (AvgIpc) is 2.63. The van der Waals surface area contributed by atoms with Crippen molar-refractivity contribution in [2.24, 2.45) is 10.8 Å². The van der Waals surface area contributed by atoms with E-state index in [1.165, 1.54) is 49.7 Å². The molecule has 0 nitrogen and oxygen atoms in total. The molecule has 0 atom stereocenters. The minimum atomic E-state index is 0. The van der Waals surface area contributed by atoms with Crippen LogP contribution in [0, 0.1) is 22.7 Å². The van der Waals surface area contributed by atoms with E-state index in [0.29, 0.717) is 10.8 Å². The first-order chi connectivity index (χ1) is 13.1. The molecule has 0 aliphatic rings. The van der Waals surface area contributed by atoms with Gasteiger partial charge in [0.25, 0.3) is 0 Å². The van der Waals surface area contributed by atoms with Crippen LogP contribution in [0.15, 0.2) is 60.7 Å². The van der Waals surface area contributed by atoms with Gasteiger partial charge in [-0.05, 0) is 10.8 Å². The van der Waals surface area contributed by atoms with Crippen molar-refractivity contribution in [2.75, 3.05) is 0 Å². The number of hydrogen-bond acceptors (Lipinski definition) is 0. The van der Waals surface area contributed by atoms with E-state index in [-0.39, 0.29) is 37.7 Å². The molecule has 0 saturated carbocycles. The molecule has 0 bridgehead atoms. The van der Waals surface area contributed by atoms with E-state index >= 15 is 0 Å². The summed E-state index contributed by atoms with van der Waals surface area (Å²) in [5.74, 6) is 3.23. The van der Waals surface area contributed by atoms with Crippen molar-refractivity contribution in [2.45, 2.75) is 80.1 Å². The van der Waals surface area contributed by atoms with Gasteiger partial charge in [-0.25, -0.2) is 0 Å². The molecule has 0 aliphatic heterocycles. The Hall–Kier alpha value is -0.625. The molecule has 0 saturated heterocycles. The molecule has 0 aromatic heterocycles. The zero-order chi connectivity index (χ0) is 20.6. The van der Waals surface area contributed by atoms with Gasteiger partial charge < -0.3 is 0 Å². The topological polar surface area (TPSA) is 0 Å². The normalized spacial score (nSPS) is 11.3. The number of hydrogen-bond donors (Lipinski definition) is 0. The van der Waals surface area contributed by atoms with Crippen molar-refractivity contribution in [3.63, 3.8) is 0 Å². The van der Waals surface area contributed by atoms with Crippen LogP contribution >= 0.6 is 0 Å². The first kappa shape index (κ1) is 29.4. The van der Waals surface area contributed by atoms with Crippen molar-refractivity contribution < 1.29 is 37.7 Å². The van der Waals surface area contributed by atoms with Crippen LogP contribution in [0.25, 0.3) is 0 Å². The first-order valence-corrected chi connectivity index (χ1v) is 10.9. The maximum absolute atomic E-state index is 2.35. The summed E-state index contributed by atoms with van der Waals surface area (Å²) in [5, 5.41) is 0. The molecular formula is C28H40Li2. The summed E-state index contributed by atoms with van der Waals surface area (Å²) in [4.78, 5) is 0. The third-order valence-corrected chi connectivity index (χ3v) is 5.06. The molecule has 0 heterocycles. The molecule has 0 spiro atoms. The summed E-state index contributed by atoms with van der Waals surface area (Å²) in [6.45, 7) is 14.1. The molecule has 2 heteroatoms. The standard InChI is InChI=1S/C28H40.2Li/c1-27(2,3)21-25(23-15-9-7-10-16-23)19-13-14-20-26(22-28(4,5)6)24-17-11-8-12-18-24;;/h7-12,15-18H,13-14,19-22H2,1-6H3;;/q-2;2*+1. The van der Waals surface area contributed by atoms with Crippen LogP contribution in [-0.4, -0.2) is 0 Å². The molecule has 0 radical (unpaired) electrons. The van der Waals surface area contributed by atoms with Crippen LogP contribution in [0.5, 0.6) is 0 Å². The van der Waals surface area contributed by atoms with E-state index in [1.807, 2.05) is 0 Å². The van der Waals surface area contributed by atoms with Crippen molar-refractivity contribution >= 4 is 0 Å². The Morgan fingerprint density at radius 3 is 1.10 bits per heavy atom. The second kappa shape index (κ2) is 13.7. The molecule has 154 valence electrons. The van der Waals surface area contributed by atoms with Gasteiger partial charge in [0.15, 0.2) is 0 Å². The molecule has 2 aromatic carbocycles. The fraction of sp³-hybridized carbons (Fsp3) is 0.500. The second-order valence-electron chi connectivity index (χ2n) is 10.6. The third-order valence-electron chi connectivity index (χ3n) is 5.06. The van der Waals surface area contributed by atoms with Crippen LogP contribution < -0.4 is 37.7 Å². The molecule has 0 N–H and O–H groups in total. The fourth-order valence-electron chi connectivity index (χ4n) is 3.97. The van der Waals surface area contributed by atoms with Crippen molar-refractivity contribution in [1.82, 2.24) is 0 Å². The molecule has 2 rings (SSSR count). The monoisotopic (exact) mass is 390 g/mol. The first-order valence-electron chi connectivity index (χ1n) is 10.9. The zero-order valence-corrected chi connectivity index (χ0v) is 21.0. The van der Waals surface area contributed by atoms with Gasteiger partial charge >= 0.3 is 37.7 Å². The molecule has 30 heavy (non-hydrogen) atoms. The van der Waals surface area contributed by atoms with Gasteiger partial charge in [0.1, 0.15) is 0 Å². The van der Waals surface area contributed by atoms with Crippen LogP contribution in [-0.2, 0) is 0 Å². The quantitative estimate of drug-likeness (QED) is 0.351. The molecule has 0 aliphatic carbocycles. The average molecular weight is 391 g/mol. The van der Waals surface area contributed by atoms with E-state index in [9.17, 15) is 0 Å². The summed E-state index contributed by atoms with van der Waals surface area (Å²) in [6.07, 6.45) is 7.29. The van der Waals surface area contributed by atoms with Gasteiger partial charge in [0.2, 0.25) is 0 Å². The zero-order valence-electron chi connectivity index (χ0n) is 21.0. The van der Waals surface area contributed by atoms with Crippen molar-refractivity contribution in [1.29, 1.82) is 0 Å². The largest absolute Gasteiger partial charge is 1.00 e. The molecule has 0 amide bonds. The van der Waals surface area contributed by atoms with E-state index in [2.05, 4.69) is 102 Å². The van der Waals surface area contributed by atoms with Crippen LogP contribution in [0.4, 0.5) is 0 Å². The van der Waals surface area contributed by atoms with Crippen LogP contribution in [0.3, 0.4) is 0 Å². The minimum Gasteiger partial charge on any atom is -0.189 e. The Balaban J connectivity index is 0.00000420. The Bertz CT molecular complexity index is 604. The van der Waals surface area contributed by atoms with Crippen LogP contribution in [0.2, 0.25) is 0 Å². The van der Waals surface area contributed by atoms with Gasteiger partial charge in [0, 0.05) is 0 Å². The summed E-state index contributed by atoms with van der Waals surface area (Å²) in [6, 6.07) is 22.0. The smallest absolute Gasteiger partial charge is 0.189 e. The van der Waals surface area contributed by atoms with Gasteiger partial charge in [-0.15, -0.1) is 24.3 Å². The van der Waals surface area contributed by atoms with E-state index in [1.54, 1.807) is 11.8 Å². The van der Waals surface area contributed by atoms with Gasteiger partial charge in [0.05, 0.1) is 0 Å². The Morgan fingerprint density at radius 1 is 0.533 bits per heavy atom. The van der Waals surface area contributed by atoms with Crippen molar-refractivity contribution in [3.8, 4) is 0 Å². The van der Waals surface area contributed by atoms with Crippen LogP contribution in [0.1, 0.15) is 91.2 Å². The number of rotatable bonds is 9. The maximum atomic E-state index is 2.35. The predicted octanol–water partition coefficient (Wildman–Crippen LogP) is 2.67. The summed E-state index contributed by atoms with van der Waals surface area (Å²) >= 11 is 0. The Kier molecular flexibility index (Phi) is 13.4. The SMILES string of the molecule is CC(C)(C)C[C-](CCCC[C-](CC(C)(C)C)c1ccccc1)c1ccccc1.[Li+].[Li+]. The fourth-order valence-corrected chi connectivity index (χ4v) is 3.97. The summed E-state index contributed by atoms with van der Waals surface area (Å²) < 4.78 is 0. The molecule has 2 aromatic rings. The summed E-state index contributed by atoms with van der Waals surface area (Å²) in [7, 11) is 0. The third kappa shape index (κ3) is 11.7. The second-order valence-corrected chi connectivity index (χ2v) is 10.6. The Morgan fingerprint density at radius 2 is 0.833 bits per heavy atom. The van der Waals surface area contributed by atoms with E-state index in [0.717, 1.165) is 0 Å². The summed E-state index contributed by atoms with van der Waals surface area (Å²) in [5.41, 5.74) is 3.52. The van der Waals surface area contributed by atoms with E-state index in [4.69, 9.17) is 0 Å². The van der Waals surface area contributed by atoms with Crippen molar-refractivity contribution in [3.05, 3.63) is 83.6 Å². The number of unbranched alkanes of at least 4 members (excludes halogenated alkanes) is 1. The maximum Gasteiger partial charge on any atom is 1.00 e. The van der Waals surface area contributed by atoms with Gasteiger partial charge in [-0.1, -0.05) is 92.2 Å². The number of benzene rings is 2. The molecule has 0 fully saturated rings. The molecular weight excluding hydrogens is 350 g/mol. The van der Waals surface area contributed by atoms with Gasteiger partial charge in [-0.3, -0.25) is 0 Å². The minimum absolute atomic E-state index is 0. The van der Waals surface area contributed by atoms with E-state index < -0.39 is 0 Å².